The maximum Gasteiger partial charge on any atom is 0.153 e. The van der Waals surface area contributed by atoms with Crippen molar-refractivity contribution in [3.8, 4) is 6.07 Å². The molecule has 0 unspecified atom stereocenters. The maximum atomic E-state index is 10.9. The van der Waals surface area contributed by atoms with Crippen LogP contribution in [0.1, 0.15) is 15.9 Å². The maximum absolute atomic E-state index is 10.9. The lowest BCUT2D eigenvalue weighted by atomic mass is 10.1. The van der Waals surface area contributed by atoms with E-state index in [2.05, 4.69) is 16.4 Å². The summed E-state index contributed by atoms with van der Waals surface area (Å²) in [6, 6.07) is 13.0. The quantitative estimate of drug-likeness (QED) is 0.830. The second-order valence-corrected chi connectivity index (χ2v) is 3.72. The average molecular weight is 237 g/mol. The van der Waals surface area contributed by atoms with Gasteiger partial charge in [-0.25, -0.2) is 4.98 Å². The number of nitrogens with one attached hydrogen (secondary N) is 1. The highest BCUT2D eigenvalue weighted by Gasteiger charge is 2.02. The minimum absolute atomic E-state index is 0.359. The van der Waals surface area contributed by atoms with Crippen LogP contribution in [0.4, 0.5) is 11.5 Å². The second-order valence-electron chi connectivity index (χ2n) is 3.72. The summed E-state index contributed by atoms with van der Waals surface area (Å²) in [5.41, 5.74) is 2.24. The van der Waals surface area contributed by atoms with Gasteiger partial charge in [0.15, 0.2) is 6.29 Å². The summed E-state index contributed by atoms with van der Waals surface area (Å²) < 4.78 is 0. The van der Waals surface area contributed by atoms with Crippen molar-refractivity contribution < 1.29 is 4.79 Å². The fraction of sp³-hybridized carbons (Fsp3) is 0.0714. The van der Waals surface area contributed by atoms with E-state index in [0.29, 0.717) is 17.8 Å². The Labute approximate surface area is 105 Å². The fourth-order valence-electron chi connectivity index (χ4n) is 1.60. The minimum Gasteiger partial charge on any atom is -0.340 e. The number of hydrogen-bond acceptors (Lipinski definition) is 4. The number of aromatic nitrogens is 1. The lowest BCUT2D eigenvalue weighted by molar-refractivity contribution is 0.112. The van der Waals surface area contributed by atoms with Crippen molar-refractivity contribution in [1.29, 1.82) is 5.26 Å². The topological polar surface area (TPSA) is 65.8 Å². The van der Waals surface area contributed by atoms with Crippen LogP contribution in [-0.4, -0.2) is 11.3 Å². The molecule has 0 aliphatic heterocycles. The van der Waals surface area contributed by atoms with Crippen LogP contribution in [0.15, 0.2) is 42.6 Å². The number of carbonyl (C=O) groups is 1. The smallest absolute Gasteiger partial charge is 0.153 e. The standard InChI is InChI=1S/C14H11N3O/c15-7-6-11-3-1-5-13(9-11)17-14-12(10-18)4-2-8-16-14/h1-5,8-10H,6H2,(H,16,17). The first-order valence-electron chi connectivity index (χ1n) is 5.46. The number of anilines is 2. The van der Waals surface area contributed by atoms with Gasteiger partial charge in [-0.2, -0.15) is 5.26 Å². The van der Waals surface area contributed by atoms with Crippen molar-refractivity contribution in [2.24, 2.45) is 0 Å². The molecule has 1 heterocycles. The highest BCUT2D eigenvalue weighted by atomic mass is 16.1. The number of nitriles is 1. The van der Waals surface area contributed by atoms with Gasteiger partial charge in [-0.1, -0.05) is 12.1 Å². The van der Waals surface area contributed by atoms with Crippen LogP contribution < -0.4 is 5.32 Å². The summed E-state index contributed by atoms with van der Waals surface area (Å²) in [4.78, 5) is 15.0. The van der Waals surface area contributed by atoms with Gasteiger partial charge in [0.1, 0.15) is 5.82 Å². The summed E-state index contributed by atoms with van der Waals surface area (Å²) in [5.74, 6) is 0.515. The molecule has 1 aromatic heterocycles. The van der Waals surface area contributed by atoms with Crippen LogP contribution in [-0.2, 0) is 6.42 Å². The Bertz CT molecular complexity index is 602. The predicted octanol–water partition coefficient (Wildman–Crippen LogP) is 2.70. The Kier molecular flexibility index (Phi) is 3.67. The third kappa shape index (κ3) is 2.71. The molecule has 0 amide bonds. The van der Waals surface area contributed by atoms with Crippen LogP contribution in [0.5, 0.6) is 0 Å². The van der Waals surface area contributed by atoms with E-state index in [1.807, 2.05) is 24.3 Å². The van der Waals surface area contributed by atoms with Crippen LogP contribution >= 0.6 is 0 Å². The van der Waals surface area contributed by atoms with Gasteiger partial charge in [0.2, 0.25) is 0 Å². The van der Waals surface area contributed by atoms with Gasteiger partial charge in [0, 0.05) is 11.9 Å². The fourth-order valence-corrected chi connectivity index (χ4v) is 1.60. The second kappa shape index (κ2) is 5.60. The average Bonchev–Trinajstić information content (AvgIpc) is 2.40. The molecule has 0 aliphatic carbocycles. The lowest BCUT2D eigenvalue weighted by Crippen LogP contribution is -1.98. The number of rotatable bonds is 4. The Morgan fingerprint density at radius 3 is 3.00 bits per heavy atom. The zero-order chi connectivity index (χ0) is 12.8. The monoisotopic (exact) mass is 237 g/mol. The van der Waals surface area contributed by atoms with Gasteiger partial charge >= 0.3 is 0 Å². The van der Waals surface area contributed by atoms with Crippen molar-refractivity contribution in [2.45, 2.75) is 6.42 Å². The summed E-state index contributed by atoms with van der Waals surface area (Å²) in [6.45, 7) is 0. The van der Waals surface area contributed by atoms with Crippen LogP contribution in [0.3, 0.4) is 0 Å². The number of aldehydes is 1. The molecule has 0 atom stereocenters. The van der Waals surface area contributed by atoms with Gasteiger partial charge in [-0.3, -0.25) is 4.79 Å². The predicted molar refractivity (Wildman–Crippen MR) is 68.7 cm³/mol. The van der Waals surface area contributed by atoms with E-state index in [9.17, 15) is 4.79 Å². The van der Waals surface area contributed by atoms with Gasteiger partial charge in [0.25, 0.3) is 0 Å². The highest BCUT2D eigenvalue weighted by molar-refractivity contribution is 5.83. The third-order valence-electron chi connectivity index (χ3n) is 2.44. The molecule has 1 aromatic carbocycles. The molecular weight excluding hydrogens is 226 g/mol. The van der Waals surface area contributed by atoms with Crippen LogP contribution in [0, 0.1) is 11.3 Å². The Hall–Kier alpha value is -2.67. The molecule has 0 bridgehead atoms. The highest BCUT2D eigenvalue weighted by Crippen LogP contribution is 2.18. The van der Waals surface area contributed by atoms with E-state index in [1.54, 1.807) is 18.3 Å². The first-order valence-corrected chi connectivity index (χ1v) is 5.46. The van der Waals surface area contributed by atoms with Crippen molar-refractivity contribution in [1.82, 2.24) is 4.98 Å². The first-order chi connectivity index (χ1) is 8.83. The van der Waals surface area contributed by atoms with Gasteiger partial charge in [-0.15, -0.1) is 0 Å². The van der Waals surface area contributed by atoms with E-state index in [0.717, 1.165) is 17.5 Å². The number of benzene rings is 1. The SMILES string of the molecule is N#CCc1cccc(Nc2ncccc2C=O)c1. The van der Waals surface area contributed by atoms with E-state index in [-0.39, 0.29) is 0 Å². The van der Waals surface area contributed by atoms with E-state index in [1.165, 1.54) is 0 Å². The molecule has 18 heavy (non-hydrogen) atoms. The number of hydrogen-bond donors (Lipinski definition) is 1. The Morgan fingerprint density at radius 1 is 1.33 bits per heavy atom. The Morgan fingerprint density at radius 2 is 2.22 bits per heavy atom. The van der Waals surface area contributed by atoms with Crippen LogP contribution in [0.25, 0.3) is 0 Å². The molecule has 0 fully saturated rings. The van der Waals surface area contributed by atoms with Crippen molar-refractivity contribution in [3.63, 3.8) is 0 Å². The molecular formula is C14H11N3O. The van der Waals surface area contributed by atoms with Gasteiger partial charge in [-0.05, 0) is 29.8 Å². The molecule has 0 radical (unpaired) electrons. The molecule has 4 heteroatoms. The van der Waals surface area contributed by atoms with E-state index < -0.39 is 0 Å². The lowest BCUT2D eigenvalue weighted by Gasteiger charge is -2.08. The molecule has 0 spiro atoms. The number of pyridine rings is 1. The molecule has 0 saturated heterocycles. The molecule has 4 nitrogen and oxygen atoms in total. The Balaban J connectivity index is 2.26. The molecule has 2 rings (SSSR count). The number of nitrogens with zero attached hydrogens (tertiary/aromatic N) is 2. The summed E-state index contributed by atoms with van der Waals surface area (Å²) in [7, 11) is 0. The van der Waals surface area contributed by atoms with Gasteiger partial charge in [0.05, 0.1) is 18.1 Å². The first kappa shape index (κ1) is 11.8. The van der Waals surface area contributed by atoms with Crippen molar-refractivity contribution in [2.75, 3.05) is 5.32 Å². The third-order valence-corrected chi connectivity index (χ3v) is 2.44. The van der Waals surface area contributed by atoms with Crippen molar-refractivity contribution >= 4 is 17.8 Å². The zero-order valence-electron chi connectivity index (χ0n) is 9.63. The molecule has 88 valence electrons. The molecule has 1 N–H and O–H groups in total. The normalized spacial score (nSPS) is 9.50. The van der Waals surface area contributed by atoms with Gasteiger partial charge < -0.3 is 5.32 Å². The molecule has 2 aromatic rings. The molecule has 0 aliphatic rings. The number of carbonyl (C=O) groups excluding carboxylic acids is 1. The molecule has 0 saturated carbocycles. The van der Waals surface area contributed by atoms with E-state index >= 15 is 0 Å². The largest absolute Gasteiger partial charge is 0.340 e. The summed E-state index contributed by atoms with van der Waals surface area (Å²) in [5, 5.41) is 11.7. The summed E-state index contributed by atoms with van der Waals surface area (Å²) >= 11 is 0. The van der Waals surface area contributed by atoms with Crippen LogP contribution in [0.2, 0.25) is 0 Å². The van der Waals surface area contributed by atoms with Crippen molar-refractivity contribution in [3.05, 3.63) is 53.7 Å². The summed E-state index contributed by atoms with van der Waals surface area (Å²) in [6.07, 6.45) is 2.74. The van der Waals surface area contributed by atoms with E-state index in [4.69, 9.17) is 5.26 Å². The minimum atomic E-state index is 0.359. The zero-order valence-corrected chi connectivity index (χ0v) is 9.63.